The first kappa shape index (κ1) is 14.3. The van der Waals surface area contributed by atoms with E-state index in [4.69, 9.17) is 9.84 Å². The molecule has 19 heavy (non-hydrogen) atoms. The Hall–Kier alpha value is -1.14. The molecule has 1 aliphatic heterocycles. The Morgan fingerprint density at radius 3 is 2.47 bits per heavy atom. The molecule has 2 rings (SSSR count). The van der Waals surface area contributed by atoms with Crippen LogP contribution in [0.4, 0.5) is 0 Å². The van der Waals surface area contributed by atoms with Crippen LogP contribution in [-0.2, 0) is 14.3 Å². The van der Waals surface area contributed by atoms with Crippen LogP contribution in [0.1, 0.15) is 13.8 Å². The number of carbonyl (C=O) groups excluding carboxylic acids is 1. The molecule has 2 aliphatic rings. The molecule has 0 aromatic heterocycles. The van der Waals surface area contributed by atoms with E-state index in [-0.39, 0.29) is 5.91 Å². The van der Waals surface area contributed by atoms with Gasteiger partial charge in [-0.15, -0.1) is 0 Å². The molecule has 1 amide bonds. The van der Waals surface area contributed by atoms with Gasteiger partial charge in [0.25, 0.3) is 0 Å². The lowest BCUT2D eigenvalue weighted by atomic mass is 10.1. The average Bonchev–Trinajstić information content (AvgIpc) is 2.94. The molecule has 1 aliphatic carbocycles. The van der Waals surface area contributed by atoms with Crippen molar-refractivity contribution in [1.29, 1.82) is 0 Å². The lowest BCUT2D eigenvalue weighted by Gasteiger charge is -2.26. The first-order valence-electron chi connectivity index (χ1n) is 6.75. The largest absolute Gasteiger partial charge is 0.481 e. The van der Waals surface area contributed by atoms with Crippen LogP contribution in [0.5, 0.6) is 0 Å². The molecule has 0 unspecified atom stereocenters. The third-order valence-corrected chi connectivity index (χ3v) is 4.21. The summed E-state index contributed by atoms with van der Waals surface area (Å²) in [7, 11) is 0. The lowest BCUT2D eigenvalue weighted by molar-refractivity contribution is -0.140. The van der Waals surface area contributed by atoms with Crippen LogP contribution < -0.4 is 5.32 Å². The molecule has 0 bridgehead atoms. The smallest absolute Gasteiger partial charge is 0.307 e. The lowest BCUT2D eigenvalue weighted by Crippen LogP contribution is -2.41. The Kier molecular flexibility index (Phi) is 4.10. The van der Waals surface area contributed by atoms with Gasteiger partial charge in [-0.3, -0.25) is 14.5 Å². The van der Waals surface area contributed by atoms with Gasteiger partial charge in [0.05, 0.1) is 25.0 Å². The number of morpholine rings is 1. The summed E-state index contributed by atoms with van der Waals surface area (Å²) in [6.07, 6.45) is 0. The van der Waals surface area contributed by atoms with Crippen LogP contribution in [0, 0.1) is 17.3 Å². The van der Waals surface area contributed by atoms with E-state index >= 15 is 0 Å². The molecular formula is C13H22N2O4. The van der Waals surface area contributed by atoms with E-state index in [2.05, 4.69) is 10.2 Å². The molecule has 6 heteroatoms. The summed E-state index contributed by atoms with van der Waals surface area (Å²) in [6.45, 7) is 8.29. The highest BCUT2D eigenvalue weighted by molar-refractivity contribution is 5.91. The Labute approximate surface area is 113 Å². The predicted octanol–water partition coefficient (Wildman–Crippen LogP) is -0.208. The number of carboxylic acid groups (broad SMARTS) is 1. The number of amides is 1. The van der Waals surface area contributed by atoms with Gasteiger partial charge >= 0.3 is 5.97 Å². The molecule has 0 spiro atoms. The molecule has 2 fully saturated rings. The number of rotatable bonds is 5. The number of aliphatic carboxylic acids is 1. The van der Waals surface area contributed by atoms with Crippen LogP contribution in [0.3, 0.4) is 0 Å². The maximum absolute atomic E-state index is 12.0. The van der Waals surface area contributed by atoms with Crippen molar-refractivity contribution in [3.05, 3.63) is 0 Å². The highest BCUT2D eigenvalue weighted by atomic mass is 16.5. The van der Waals surface area contributed by atoms with Crippen molar-refractivity contribution in [3.63, 3.8) is 0 Å². The summed E-state index contributed by atoms with van der Waals surface area (Å²) in [6, 6.07) is 0. The molecule has 2 atom stereocenters. The summed E-state index contributed by atoms with van der Waals surface area (Å²) in [5.74, 6) is -1.95. The monoisotopic (exact) mass is 270 g/mol. The predicted molar refractivity (Wildman–Crippen MR) is 68.7 cm³/mol. The Morgan fingerprint density at radius 2 is 1.95 bits per heavy atom. The van der Waals surface area contributed by atoms with Crippen LogP contribution in [0.25, 0.3) is 0 Å². The number of hydrogen-bond donors (Lipinski definition) is 2. The maximum atomic E-state index is 12.0. The van der Waals surface area contributed by atoms with Crippen LogP contribution in [0.15, 0.2) is 0 Å². The third-order valence-electron chi connectivity index (χ3n) is 4.21. The Morgan fingerprint density at radius 1 is 1.32 bits per heavy atom. The second-order valence-electron chi connectivity index (χ2n) is 5.86. The van der Waals surface area contributed by atoms with Gasteiger partial charge in [0, 0.05) is 26.2 Å². The maximum Gasteiger partial charge on any atom is 0.307 e. The minimum Gasteiger partial charge on any atom is -0.481 e. The molecular weight excluding hydrogens is 248 g/mol. The molecule has 1 heterocycles. The van der Waals surface area contributed by atoms with E-state index in [1.807, 2.05) is 13.8 Å². The quantitative estimate of drug-likeness (QED) is 0.723. The Balaban J connectivity index is 1.72. The molecule has 1 saturated heterocycles. The van der Waals surface area contributed by atoms with Gasteiger partial charge in [0.2, 0.25) is 5.91 Å². The molecule has 108 valence electrons. The van der Waals surface area contributed by atoms with Crippen LogP contribution in [-0.4, -0.2) is 61.3 Å². The van der Waals surface area contributed by atoms with E-state index < -0.39 is 23.2 Å². The number of carbonyl (C=O) groups is 2. The van der Waals surface area contributed by atoms with Crippen molar-refractivity contribution < 1.29 is 19.4 Å². The highest BCUT2D eigenvalue weighted by Crippen LogP contribution is 2.58. The van der Waals surface area contributed by atoms with Gasteiger partial charge in [-0.25, -0.2) is 0 Å². The number of hydrogen-bond acceptors (Lipinski definition) is 4. The first-order chi connectivity index (χ1) is 8.94. The van der Waals surface area contributed by atoms with Crippen molar-refractivity contribution in [1.82, 2.24) is 10.2 Å². The minimum absolute atomic E-state index is 0.134. The SMILES string of the molecule is CC1(C)[C@H](C(=O)NCCN2CCOCC2)[C@@H]1C(=O)O. The fourth-order valence-electron chi connectivity index (χ4n) is 2.86. The fraction of sp³-hybridized carbons (Fsp3) is 0.846. The van der Waals surface area contributed by atoms with Crippen molar-refractivity contribution in [2.45, 2.75) is 13.8 Å². The average molecular weight is 270 g/mol. The zero-order chi connectivity index (χ0) is 14.0. The van der Waals surface area contributed by atoms with E-state index in [1.54, 1.807) is 0 Å². The van der Waals surface area contributed by atoms with E-state index in [9.17, 15) is 9.59 Å². The zero-order valence-corrected chi connectivity index (χ0v) is 11.5. The summed E-state index contributed by atoms with van der Waals surface area (Å²) < 4.78 is 5.25. The standard InChI is InChI=1S/C13H22N2O4/c1-13(2)9(10(13)12(17)18)11(16)14-3-4-15-5-7-19-8-6-15/h9-10H,3-8H2,1-2H3,(H,14,16)(H,17,18)/t9-,10+/m0/s1. The molecule has 0 aromatic carbocycles. The molecule has 6 nitrogen and oxygen atoms in total. The normalized spacial score (nSPS) is 29.8. The van der Waals surface area contributed by atoms with Gasteiger partial charge in [0.1, 0.15) is 0 Å². The van der Waals surface area contributed by atoms with Gasteiger partial charge in [-0.1, -0.05) is 13.8 Å². The van der Waals surface area contributed by atoms with Gasteiger partial charge in [0.15, 0.2) is 0 Å². The topological polar surface area (TPSA) is 78.9 Å². The fourth-order valence-corrected chi connectivity index (χ4v) is 2.86. The minimum atomic E-state index is -0.877. The highest BCUT2D eigenvalue weighted by Gasteiger charge is 2.65. The molecule has 0 aromatic rings. The van der Waals surface area contributed by atoms with Crippen LogP contribution >= 0.6 is 0 Å². The zero-order valence-electron chi connectivity index (χ0n) is 11.5. The van der Waals surface area contributed by atoms with E-state index in [0.717, 1.165) is 32.8 Å². The summed E-state index contributed by atoms with van der Waals surface area (Å²) in [4.78, 5) is 25.2. The van der Waals surface area contributed by atoms with Crippen molar-refractivity contribution in [2.24, 2.45) is 17.3 Å². The van der Waals surface area contributed by atoms with E-state index in [0.29, 0.717) is 6.54 Å². The van der Waals surface area contributed by atoms with Crippen molar-refractivity contribution in [2.75, 3.05) is 39.4 Å². The van der Waals surface area contributed by atoms with E-state index in [1.165, 1.54) is 0 Å². The van der Waals surface area contributed by atoms with Gasteiger partial charge in [-0.2, -0.15) is 0 Å². The molecule has 0 radical (unpaired) electrons. The summed E-state index contributed by atoms with van der Waals surface area (Å²) in [5, 5.41) is 11.9. The summed E-state index contributed by atoms with van der Waals surface area (Å²) in [5.41, 5.74) is -0.422. The van der Waals surface area contributed by atoms with Gasteiger partial charge in [-0.05, 0) is 5.41 Å². The van der Waals surface area contributed by atoms with Crippen molar-refractivity contribution >= 4 is 11.9 Å². The summed E-state index contributed by atoms with van der Waals surface area (Å²) >= 11 is 0. The molecule has 2 N–H and O–H groups in total. The second-order valence-corrected chi connectivity index (χ2v) is 5.86. The Bertz CT molecular complexity index is 364. The number of carboxylic acids is 1. The number of nitrogens with zero attached hydrogens (tertiary/aromatic N) is 1. The molecule has 1 saturated carbocycles. The van der Waals surface area contributed by atoms with Gasteiger partial charge < -0.3 is 15.2 Å². The number of ether oxygens (including phenoxy) is 1. The number of nitrogens with one attached hydrogen (secondary N) is 1. The second kappa shape index (κ2) is 5.46. The van der Waals surface area contributed by atoms with Crippen molar-refractivity contribution in [3.8, 4) is 0 Å². The van der Waals surface area contributed by atoms with Crippen LogP contribution in [0.2, 0.25) is 0 Å². The third kappa shape index (κ3) is 3.06. The first-order valence-corrected chi connectivity index (χ1v) is 6.75.